The lowest BCUT2D eigenvalue weighted by molar-refractivity contribution is 1.25. The average Bonchev–Trinajstić information content (AvgIpc) is 3.37. The summed E-state index contributed by atoms with van der Waals surface area (Å²) in [7, 11) is 0. The highest BCUT2D eigenvalue weighted by Crippen LogP contribution is 2.47. The fraction of sp³-hybridized carbons (Fsp3) is 0. The Kier molecular flexibility index (Phi) is 8.93. The summed E-state index contributed by atoms with van der Waals surface area (Å²) >= 11 is 0. The Morgan fingerprint density at radius 3 is 1.05 bits per heavy atom. The first-order chi connectivity index (χ1) is 31.2. The number of hydrogen-bond acceptors (Lipinski definition) is 3. The molecule has 63 heavy (non-hydrogen) atoms. The minimum Gasteiger partial charge on any atom is -0.311 e. The Hall–Kier alpha value is -8.21. The molecule has 294 valence electrons. The van der Waals surface area contributed by atoms with Gasteiger partial charge in [-0.3, -0.25) is 4.98 Å². The maximum Gasteiger partial charge on any atom is 0.252 e. The van der Waals surface area contributed by atoms with Crippen LogP contribution in [0.3, 0.4) is 0 Å². The Labute approximate surface area is 368 Å². The Morgan fingerprint density at radius 1 is 0.286 bits per heavy atom. The van der Waals surface area contributed by atoms with Gasteiger partial charge in [0.15, 0.2) is 0 Å². The van der Waals surface area contributed by atoms with Crippen molar-refractivity contribution in [1.82, 2.24) is 4.98 Å². The predicted molar refractivity (Wildman–Crippen MR) is 265 cm³/mol. The standard InChI is InChI=1S/C59H40BN3/c1-5-14-41(15-6-1)45-23-29-51(30-24-45)62-55-33-27-47(43-18-9-3-10-19-43)36-53(55)60-54-37-48(44-20-11-4-12-21-44)28-34-56(54)63(52-31-25-46(26-32-52)42-16-7-2-8-17-42)58-39-50(38-57(62)59(58)60)49-22-13-35-61-40-49/h1-40H. The summed E-state index contributed by atoms with van der Waals surface area (Å²) in [5.74, 6) is 0. The van der Waals surface area contributed by atoms with Crippen LogP contribution in [0.1, 0.15) is 0 Å². The Bertz CT molecular complexity index is 3050. The first-order valence-corrected chi connectivity index (χ1v) is 21.6. The number of anilines is 6. The summed E-state index contributed by atoms with van der Waals surface area (Å²) in [5.41, 5.74) is 22.5. The smallest absolute Gasteiger partial charge is 0.252 e. The van der Waals surface area contributed by atoms with E-state index in [0.717, 1.165) is 33.9 Å². The van der Waals surface area contributed by atoms with Crippen molar-refractivity contribution in [3.63, 3.8) is 0 Å². The molecule has 0 saturated carbocycles. The lowest BCUT2D eigenvalue weighted by Gasteiger charge is -2.44. The average molecular weight is 802 g/mol. The molecule has 3 nitrogen and oxygen atoms in total. The first-order valence-electron chi connectivity index (χ1n) is 21.6. The molecule has 4 heteroatoms. The van der Waals surface area contributed by atoms with E-state index in [1.54, 1.807) is 0 Å². The molecule has 0 N–H and O–H groups in total. The van der Waals surface area contributed by atoms with E-state index in [9.17, 15) is 0 Å². The van der Waals surface area contributed by atoms with Crippen molar-refractivity contribution in [2.45, 2.75) is 0 Å². The molecule has 0 aliphatic carbocycles. The van der Waals surface area contributed by atoms with E-state index < -0.39 is 0 Å². The van der Waals surface area contributed by atoms with Gasteiger partial charge in [-0.1, -0.05) is 176 Å². The van der Waals surface area contributed by atoms with Crippen molar-refractivity contribution < 1.29 is 0 Å². The summed E-state index contributed by atoms with van der Waals surface area (Å²) in [5, 5.41) is 0. The van der Waals surface area contributed by atoms with Gasteiger partial charge < -0.3 is 9.80 Å². The number of hydrogen-bond donors (Lipinski definition) is 0. The molecule has 0 fully saturated rings. The summed E-state index contributed by atoms with van der Waals surface area (Å²) in [4.78, 5) is 9.60. The van der Waals surface area contributed by atoms with Gasteiger partial charge in [0.05, 0.1) is 0 Å². The van der Waals surface area contributed by atoms with Crippen molar-refractivity contribution in [3.05, 3.63) is 243 Å². The number of benzene rings is 9. The van der Waals surface area contributed by atoms with Gasteiger partial charge in [0.25, 0.3) is 6.71 Å². The zero-order valence-electron chi connectivity index (χ0n) is 34.5. The third-order valence-corrected chi connectivity index (χ3v) is 12.7. The highest BCUT2D eigenvalue weighted by atomic mass is 15.2. The van der Waals surface area contributed by atoms with Gasteiger partial charge in [-0.25, -0.2) is 0 Å². The molecule has 0 saturated heterocycles. The van der Waals surface area contributed by atoms with Crippen LogP contribution in [0.5, 0.6) is 0 Å². The second-order valence-corrected chi connectivity index (χ2v) is 16.4. The highest BCUT2D eigenvalue weighted by molar-refractivity contribution is 7.00. The SMILES string of the molecule is c1ccc(-c2ccc(N3c4ccc(-c5ccccc5)cc4B4c5cc(-c6ccccc6)ccc5N(c5ccc(-c6ccccc6)cc5)c5cc(-c6cccnc6)cc3c54)cc2)cc1. The van der Waals surface area contributed by atoms with E-state index in [0.29, 0.717) is 0 Å². The minimum absolute atomic E-state index is 0.0602. The van der Waals surface area contributed by atoms with E-state index in [-0.39, 0.29) is 6.71 Å². The molecule has 0 atom stereocenters. The predicted octanol–water partition coefficient (Wildman–Crippen LogP) is 13.5. The lowest BCUT2D eigenvalue weighted by Crippen LogP contribution is -2.61. The first kappa shape index (κ1) is 36.6. The van der Waals surface area contributed by atoms with Crippen LogP contribution in [0, 0.1) is 0 Å². The second-order valence-electron chi connectivity index (χ2n) is 16.4. The molecule has 9 aromatic carbocycles. The fourth-order valence-electron chi connectivity index (χ4n) is 9.75. The second kappa shape index (κ2) is 15.4. The topological polar surface area (TPSA) is 19.4 Å². The normalized spacial score (nSPS) is 12.3. The van der Waals surface area contributed by atoms with Crippen LogP contribution in [0.15, 0.2) is 243 Å². The zero-order valence-corrected chi connectivity index (χ0v) is 34.5. The van der Waals surface area contributed by atoms with Gasteiger partial charge in [0, 0.05) is 52.1 Å². The Morgan fingerprint density at radius 2 is 0.651 bits per heavy atom. The van der Waals surface area contributed by atoms with Gasteiger partial charge in [-0.15, -0.1) is 0 Å². The molecule has 0 radical (unpaired) electrons. The minimum atomic E-state index is -0.0602. The molecule has 1 aromatic heterocycles. The molecule has 0 spiro atoms. The van der Waals surface area contributed by atoms with Crippen molar-refractivity contribution >= 4 is 57.2 Å². The number of nitrogens with zero attached hydrogens (tertiary/aromatic N) is 3. The van der Waals surface area contributed by atoms with Gasteiger partial charge >= 0.3 is 0 Å². The molecule has 3 heterocycles. The van der Waals surface area contributed by atoms with Gasteiger partial charge in [-0.2, -0.15) is 0 Å². The van der Waals surface area contributed by atoms with Crippen LogP contribution < -0.4 is 26.2 Å². The van der Waals surface area contributed by atoms with Crippen LogP contribution in [-0.4, -0.2) is 11.7 Å². The molecule has 2 aliphatic rings. The van der Waals surface area contributed by atoms with Crippen LogP contribution in [0.4, 0.5) is 34.1 Å². The number of fused-ring (bicyclic) bond motifs is 4. The summed E-state index contributed by atoms with van der Waals surface area (Å²) in [6, 6.07) is 84.2. The van der Waals surface area contributed by atoms with Crippen LogP contribution in [-0.2, 0) is 0 Å². The van der Waals surface area contributed by atoms with E-state index in [1.165, 1.54) is 72.3 Å². The van der Waals surface area contributed by atoms with Crippen molar-refractivity contribution in [1.29, 1.82) is 0 Å². The van der Waals surface area contributed by atoms with Gasteiger partial charge in [0.1, 0.15) is 0 Å². The Balaban J connectivity index is 1.15. The van der Waals surface area contributed by atoms with Gasteiger partial charge in [0.2, 0.25) is 0 Å². The van der Waals surface area contributed by atoms with Crippen LogP contribution in [0.25, 0.3) is 55.6 Å². The van der Waals surface area contributed by atoms with E-state index in [2.05, 4.69) is 239 Å². The molecular weight excluding hydrogens is 761 g/mol. The van der Waals surface area contributed by atoms with Crippen molar-refractivity contribution in [2.24, 2.45) is 0 Å². The number of aromatic nitrogens is 1. The maximum atomic E-state index is 4.61. The quantitative estimate of drug-likeness (QED) is 0.150. The molecule has 12 rings (SSSR count). The number of pyridine rings is 1. The third kappa shape index (κ3) is 6.43. The summed E-state index contributed by atoms with van der Waals surface area (Å²) in [6.07, 6.45) is 3.83. The molecule has 10 aromatic rings. The highest BCUT2D eigenvalue weighted by Gasteiger charge is 2.44. The van der Waals surface area contributed by atoms with E-state index >= 15 is 0 Å². The molecule has 0 bridgehead atoms. The lowest BCUT2D eigenvalue weighted by atomic mass is 9.33. The van der Waals surface area contributed by atoms with Crippen LogP contribution >= 0.6 is 0 Å². The maximum absolute atomic E-state index is 4.61. The summed E-state index contributed by atoms with van der Waals surface area (Å²) in [6.45, 7) is -0.0602. The van der Waals surface area contributed by atoms with Gasteiger partial charge in [-0.05, 0) is 121 Å². The number of rotatable bonds is 7. The van der Waals surface area contributed by atoms with E-state index in [4.69, 9.17) is 0 Å². The molecule has 0 unspecified atom stereocenters. The zero-order chi connectivity index (χ0) is 41.7. The largest absolute Gasteiger partial charge is 0.311 e. The van der Waals surface area contributed by atoms with Crippen molar-refractivity contribution in [3.8, 4) is 55.6 Å². The molecule has 2 aliphatic heterocycles. The molecular formula is C59H40BN3. The van der Waals surface area contributed by atoms with Crippen LogP contribution in [0.2, 0.25) is 0 Å². The summed E-state index contributed by atoms with van der Waals surface area (Å²) < 4.78 is 0. The third-order valence-electron chi connectivity index (χ3n) is 12.7. The van der Waals surface area contributed by atoms with Crippen molar-refractivity contribution in [2.75, 3.05) is 9.80 Å². The monoisotopic (exact) mass is 801 g/mol. The molecule has 0 amide bonds. The fourth-order valence-corrected chi connectivity index (χ4v) is 9.75. The van der Waals surface area contributed by atoms with E-state index in [1.807, 2.05) is 18.5 Å².